The number of benzene rings is 2. The maximum Gasteiger partial charge on any atom is 0.287 e. The SMILES string of the molecule is NC1N=c2ccc(-c3cnc4c(c3)S(=O)(=O)N=CN4)cc2=CN1c1ccccc1. The first-order valence-electron chi connectivity index (χ1n) is 8.86. The highest BCUT2D eigenvalue weighted by atomic mass is 32.2. The van der Waals surface area contributed by atoms with Gasteiger partial charge in [0.05, 0.1) is 5.36 Å². The highest BCUT2D eigenvalue weighted by Crippen LogP contribution is 2.28. The molecule has 1 atom stereocenters. The number of rotatable bonds is 2. The summed E-state index contributed by atoms with van der Waals surface area (Å²) in [6.07, 6.45) is 4.18. The predicted molar refractivity (Wildman–Crippen MR) is 111 cm³/mol. The van der Waals surface area contributed by atoms with Gasteiger partial charge in [-0.2, -0.15) is 8.42 Å². The maximum absolute atomic E-state index is 12.2. The first kappa shape index (κ1) is 17.5. The molecule has 0 amide bonds. The van der Waals surface area contributed by atoms with E-state index in [9.17, 15) is 8.42 Å². The van der Waals surface area contributed by atoms with Crippen molar-refractivity contribution >= 4 is 34.1 Å². The summed E-state index contributed by atoms with van der Waals surface area (Å²) in [4.78, 5) is 10.7. The lowest BCUT2D eigenvalue weighted by atomic mass is 10.1. The summed E-state index contributed by atoms with van der Waals surface area (Å²) in [5.41, 5.74) is 8.64. The van der Waals surface area contributed by atoms with Gasteiger partial charge in [0.1, 0.15) is 11.2 Å². The first-order chi connectivity index (χ1) is 14.0. The number of pyridine rings is 1. The third kappa shape index (κ3) is 3.06. The van der Waals surface area contributed by atoms with E-state index in [0.29, 0.717) is 5.56 Å². The van der Waals surface area contributed by atoms with E-state index in [1.165, 1.54) is 0 Å². The van der Waals surface area contributed by atoms with E-state index in [0.717, 1.165) is 28.2 Å². The molecule has 3 N–H and O–H groups in total. The fourth-order valence-corrected chi connectivity index (χ4v) is 4.27. The van der Waals surface area contributed by atoms with Crippen LogP contribution in [0.1, 0.15) is 0 Å². The third-order valence-electron chi connectivity index (χ3n) is 4.77. The molecule has 8 nitrogen and oxygen atoms in total. The number of sulfonamides is 1. The molecule has 2 aliphatic rings. The number of nitrogens with one attached hydrogen (secondary N) is 1. The van der Waals surface area contributed by atoms with Crippen LogP contribution in [0.5, 0.6) is 0 Å². The minimum atomic E-state index is -3.75. The molecule has 1 unspecified atom stereocenters. The molecule has 2 aliphatic heterocycles. The van der Waals surface area contributed by atoms with Crippen LogP contribution in [0.4, 0.5) is 11.5 Å². The molecule has 1 aromatic heterocycles. The summed E-state index contributed by atoms with van der Waals surface area (Å²) in [7, 11) is -3.75. The lowest BCUT2D eigenvalue weighted by Crippen LogP contribution is -2.46. The number of aromatic nitrogens is 1. The average Bonchev–Trinajstić information content (AvgIpc) is 2.73. The van der Waals surface area contributed by atoms with Crippen LogP contribution in [0.25, 0.3) is 17.3 Å². The van der Waals surface area contributed by atoms with Crippen molar-refractivity contribution in [3.63, 3.8) is 0 Å². The van der Waals surface area contributed by atoms with Crippen molar-refractivity contribution in [2.45, 2.75) is 11.2 Å². The average molecular weight is 404 g/mol. The highest BCUT2D eigenvalue weighted by Gasteiger charge is 2.23. The Hall–Kier alpha value is -3.56. The van der Waals surface area contributed by atoms with E-state index < -0.39 is 16.3 Å². The van der Waals surface area contributed by atoms with Crippen molar-refractivity contribution in [1.29, 1.82) is 0 Å². The van der Waals surface area contributed by atoms with E-state index in [-0.39, 0.29) is 10.7 Å². The number of hydrogen-bond acceptors (Lipinski definition) is 7. The quantitative estimate of drug-likeness (QED) is 0.659. The second kappa shape index (κ2) is 6.50. The number of fused-ring (bicyclic) bond motifs is 2. The molecule has 5 rings (SSSR count). The lowest BCUT2D eigenvalue weighted by molar-refractivity contribution is 0.597. The summed E-state index contributed by atoms with van der Waals surface area (Å²) in [5.74, 6) is 0.268. The van der Waals surface area contributed by atoms with Crippen LogP contribution in [-0.2, 0) is 10.0 Å². The van der Waals surface area contributed by atoms with Crippen LogP contribution in [0.3, 0.4) is 0 Å². The fraction of sp³-hybridized carbons (Fsp3) is 0.0500. The van der Waals surface area contributed by atoms with E-state index in [1.807, 2.05) is 59.6 Å². The van der Waals surface area contributed by atoms with Gasteiger partial charge in [0.25, 0.3) is 10.0 Å². The minimum absolute atomic E-state index is 0.0526. The van der Waals surface area contributed by atoms with Gasteiger partial charge in [-0.05, 0) is 35.9 Å². The molecule has 0 aliphatic carbocycles. The Balaban J connectivity index is 1.62. The summed E-state index contributed by atoms with van der Waals surface area (Å²) in [6.45, 7) is 0. The highest BCUT2D eigenvalue weighted by molar-refractivity contribution is 7.90. The van der Waals surface area contributed by atoms with Crippen molar-refractivity contribution in [2.24, 2.45) is 15.1 Å². The van der Waals surface area contributed by atoms with Crippen molar-refractivity contribution in [3.05, 3.63) is 71.4 Å². The molecule has 9 heteroatoms. The predicted octanol–water partition coefficient (Wildman–Crippen LogP) is 1.01. The number of nitrogens with two attached hydrogens (primary N) is 1. The van der Waals surface area contributed by atoms with Gasteiger partial charge in [0, 0.05) is 28.9 Å². The van der Waals surface area contributed by atoms with Crippen LogP contribution < -0.4 is 26.5 Å². The molecule has 0 radical (unpaired) electrons. The van der Waals surface area contributed by atoms with Gasteiger partial charge < -0.3 is 10.2 Å². The number of anilines is 2. The van der Waals surface area contributed by atoms with Crippen molar-refractivity contribution in [1.82, 2.24) is 4.98 Å². The molecule has 0 bridgehead atoms. The Kier molecular flexibility index (Phi) is 3.93. The molecule has 3 aromatic rings. The zero-order valence-electron chi connectivity index (χ0n) is 15.1. The minimum Gasteiger partial charge on any atom is -0.329 e. The summed E-state index contributed by atoms with van der Waals surface area (Å²) < 4.78 is 27.9. The molecular weight excluding hydrogens is 388 g/mol. The molecule has 0 spiro atoms. The Labute approximate surface area is 166 Å². The molecule has 144 valence electrons. The van der Waals surface area contributed by atoms with Crippen LogP contribution in [0.2, 0.25) is 0 Å². The molecule has 29 heavy (non-hydrogen) atoms. The number of nitrogens with zero attached hydrogens (tertiary/aromatic N) is 4. The van der Waals surface area contributed by atoms with Gasteiger partial charge in [-0.25, -0.2) is 9.98 Å². The van der Waals surface area contributed by atoms with Gasteiger partial charge in [-0.15, -0.1) is 4.40 Å². The molecule has 0 fully saturated rings. The molecule has 0 saturated carbocycles. The normalized spacial score (nSPS) is 18.7. The molecule has 0 saturated heterocycles. The van der Waals surface area contributed by atoms with Gasteiger partial charge in [-0.1, -0.05) is 24.3 Å². The largest absolute Gasteiger partial charge is 0.329 e. The van der Waals surface area contributed by atoms with Gasteiger partial charge in [0.15, 0.2) is 12.1 Å². The number of para-hydroxylation sites is 1. The zero-order valence-corrected chi connectivity index (χ0v) is 15.9. The van der Waals surface area contributed by atoms with E-state index in [4.69, 9.17) is 5.73 Å². The Morgan fingerprint density at radius 2 is 1.86 bits per heavy atom. The number of hydrogen-bond donors (Lipinski definition) is 2. The molecule has 2 aromatic carbocycles. The van der Waals surface area contributed by atoms with Crippen molar-refractivity contribution in [3.8, 4) is 11.1 Å². The van der Waals surface area contributed by atoms with Crippen LogP contribution in [-0.4, -0.2) is 26.0 Å². The summed E-state index contributed by atoms with van der Waals surface area (Å²) >= 11 is 0. The van der Waals surface area contributed by atoms with Gasteiger partial charge in [0.2, 0.25) is 0 Å². The summed E-state index contributed by atoms with van der Waals surface area (Å²) in [6, 6.07) is 17.0. The monoisotopic (exact) mass is 404 g/mol. The van der Waals surface area contributed by atoms with E-state index >= 15 is 0 Å². The third-order valence-corrected chi connectivity index (χ3v) is 6.02. The van der Waals surface area contributed by atoms with E-state index in [1.54, 1.807) is 12.3 Å². The standard InChI is InChI=1S/C20H16N6O2S/c21-20-25-17-7-6-13(8-15(17)11-26(20)16-4-2-1-3-5-16)14-9-18-19(22-10-14)23-12-24-29(18,27)28/h1-12,20H,21H2,(H,22,23,24). The Bertz CT molecular complexity index is 1370. The van der Waals surface area contributed by atoms with E-state index in [2.05, 4.69) is 19.7 Å². The van der Waals surface area contributed by atoms with Crippen LogP contribution in [0, 0.1) is 0 Å². The van der Waals surface area contributed by atoms with Gasteiger partial charge >= 0.3 is 0 Å². The summed E-state index contributed by atoms with van der Waals surface area (Å²) in [5, 5.41) is 4.41. The second-order valence-electron chi connectivity index (χ2n) is 6.61. The van der Waals surface area contributed by atoms with Crippen molar-refractivity contribution in [2.75, 3.05) is 10.2 Å². The Morgan fingerprint density at radius 3 is 2.69 bits per heavy atom. The topological polar surface area (TPSA) is 113 Å². The first-order valence-corrected chi connectivity index (χ1v) is 10.3. The zero-order chi connectivity index (χ0) is 20.0. The lowest BCUT2D eigenvalue weighted by Gasteiger charge is -2.27. The Morgan fingerprint density at radius 1 is 1.03 bits per heavy atom. The van der Waals surface area contributed by atoms with Gasteiger partial charge in [-0.3, -0.25) is 5.73 Å². The molecule has 3 heterocycles. The van der Waals surface area contributed by atoms with Crippen LogP contribution >= 0.6 is 0 Å². The maximum atomic E-state index is 12.2. The van der Waals surface area contributed by atoms with Crippen molar-refractivity contribution < 1.29 is 8.42 Å². The second-order valence-corrected chi connectivity index (χ2v) is 8.21. The van der Waals surface area contributed by atoms with Crippen LogP contribution in [0.15, 0.2) is 75.1 Å². The fourth-order valence-electron chi connectivity index (χ4n) is 3.33. The molecular formula is C20H16N6O2S. The smallest absolute Gasteiger partial charge is 0.287 e.